The molecule has 0 bridgehead atoms. The SMILES string of the molecule is Cc1cc(NC(=O)c2cccc([N+](=O)[O-])c2Br)ccc1O. The highest BCUT2D eigenvalue weighted by Crippen LogP contribution is 2.29. The van der Waals surface area contributed by atoms with Gasteiger partial charge in [0.1, 0.15) is 10.2 Å². The number of nitro benzene ring substituents is 1. The monoisotopic (exact) mass is 350 g/mol. The van der Waals surface area contributed by atoms with E-state index in [-0.39, 0.29) is 21.5 Å². The van der Waals surface area contributed by atoms with Gasteiger partial charge >= 0.3 is 0 Å². The number of rotatable bonds is 3. The summed E-state index contributed by atoms with van der Waals surface area (Å²) in [6.07, 6.45) is 0. The van der Waals surface area contributed by atoms with Crippen molar-refractivity contribution < 1.29 is 14.8 Å². The van der Waals surface area contributed by atoms with Gasteiger partial charge in [-0.3, -0.25) is 14.9 Å². The predicted octanol–water partition coefficient (Wildman–Crippen LogP) is 3.62. The van der Waals surface area contributed by atoms with E-state index >= 15 is 0 Å². The number of aromatic hydroxyl groups is 1. The zero-order chi connectivity index (χ0) is 15.6. The zero-order valence-corrected chi connectivity index (χ0v) is 12.5. The maximum atomic E-state index is 12.2. The molecule has 0 radical (unpaired) electrons. The van der Waals surface area contributed by atoms with Crippen LogP contribution in [0.1, 0.15) is 15.9 Å². The molecule has 21 heavy (non-hydrogen) atoms. The third-order valence-electron chi connectivity index (χ3n) is 2.87. The minimum Gasteiger partial charge on any atom is -0.508 e. The second-order valence-electron chi connectivity index (χ2n) is 4.35. The Labute approximate surface area is 128 Å². The van der Waals surface area contributed by atoms with Gasteiger partial charge in [0.25, 0.3) is 11.6 Å². The molecule has 6 nitrogen and oxygen atoms in total. The largest absolute Gasteiger partial charge is 0.508 e. The van der Waals surface area contributed by atoms with E-state index in [1.165, 1.54) is 24.3 Å². The summed E-state index contributed by atoms with van der Waals surface area (Å²) in [6, 6.07) is 8.86. The third kappa shape index (κ3) is 3.19. The van der Waals surface area contributed by atoms with Gasteiger partial charge in [-0.05, 0) is 52.7 Å². The summed E-state index contributed by atoms with van der Waals surface area (Å²) < 4.78 is 0.128. The molecule has 0 saturated carbocycles. The van der Waals surface area contributed by atoms with E-state index in [2.05, 4.69) is 21.2 Å². The summed E-state index contributed by atoms with van der Waals surface area (Å²) in [5.74, 6) is -0.347. The Morgan fingerprint density at radius 1 is 1.33 bits per heavy atom. The maximum absolute atomic E-state index is 12.2. The number of hydrogen-bond donors (Lipinski definition) is 2. The molecule has 0 spiro atoms. The highest BCUT2D eigenvalue weighted by molar-refractivity contribution is 9.10. The first-order valence-electron chi connectivity index (χ1n) is 5.94. The van der Waals surface area contributed by atoms with Gasteiger partial charge in [-0.2, -0.15) is 0 Å². The molecule has 108 valence electrons. The number of anilines is 1. The Kier molecular flexibility index (Phi) is 4.23. The molecule has 0 atom stereocenters. The molecular formula is C14H11BrN2O4. The minimum atomic E-state index is -0.564. The second-order valence-corrected chi connectivity index (χ2v) is 5.14. The van der Waals surface area contributed by atoms with Crippen LogP contribution in [0.15, 0.2) is 40.9 Å². The molecule has 0 unspecified atom stereocenters. The van der Waals surface area contributed by atoms with Crippen molar-refractivity contribution in [3.63, 3.8) is 0 Å². The number of nitrogens with one attached hydrogen (secondary N) is 1. The van der Waals surface area contributed by atoms with Gasteiger partial charge < -0.3 is 10.4 Å². The summed E-state index contributed by atoms with van der Waals surface area (Å²) in [6.45, 7) is 1.70. The van der Waals surface area contributed by atoms with Crippen molar-refractivity contribution >= 4 is 33.2 Å². The topological polar surface area (TPSA) is 92.5 Å². The molecule has 0 aliphatic carbocycles. The van der Waals surface area contributed by atoms with Gasteiger partial charge in [-0.25, -0.2) is 0 Å². The predicted molar refractivity (Wildman–Crippen MR) is 81.6 cm³/mol. The van der Waals surface area contributed by atoms with E-state index in [4.69, 9.17) is 0 Å². The normalized spacial score (nSPS) is 10.2. The van der Waals surface area contributed by atoms with Gasteiger partial charge in [0.2, 0.25) is 0 Å². The van der Waals surface area contributed by atoms with E-state index in [0.29, 0.717) is 11.3 Å². The number of phenolic OH excluding ortho intramolecular Hbond substituents is 1. The fourth-order valence-electron chi connectivity index (χ4n) is 1.77. The number of phenols is 1. The van der Waals surface area contributed by atoms with E-state index in [1.54, 1.807) is 19.1 Å². The molecule has 0 aromatic heterocycles. The number of halogens is 1. The van der Waals surface area contributed by atoms with Crippen LogP contribution in [0.3, 0.4) is 0 Å². The lowest BCUT2D eigenvalue weighted by Crippen LogP contribution is -2.13. The van der Waals surface area contributed by atoms with Crippen molar-refractivity contribution in [1.29, 1.82) is 0 Å². The molecule has 0 fully saturated rings. The summed E-state index contributed by atoms with van der Waals surface area (Å²) in [5.41, 5.74) is 1.10. The van der Waals surface area contributed by atoms with Gasteiger partial charge in [-0.15, -0.1) is 0 Å². The Balaban J connectivity index is 2.30. The molecule has 0 aliphatic heterocycles. The minimum absolute atomic E-state index is 0.128. The summed E-state index contributed by atoms with van der Waals surface area (Å²) >= 11 is 3.08. The highest BCUT2D eigenvalue weighted by atomic mass is 79.9. The molecular weight excluding hydrogens is 340 g/mol. The number of benzene rings is 2. The average Bonchev–Trinajstić information content (AvgIpc) is 2.42. The van der Waals surface area contributed by atoms with Crippen LogP contribution >= 0.6 is 15.9 Å². The third-order valence-corrected chi connectivity index (χ3v) is 3.71. The molecule has 2 aromatic rings. The van der Waals surface area contributed by atoms with E-state index in [0.717, 1.165) is 0 Å². The van der Waals surface area contributed by atoms with Crippen molar-refractivity contribution in [3.8, 4) is 5.75 Å². The molecule has 2 aromatic carbocycles. The van der Waals surface area contributed by atoms with Crippen molar-refractivity contribution in [2.24, 2.45) is 0 Å². The Morgan fingerprint density at radius 3 is 2.67 bits per heavy atom. The molecule has 1 amide bonds. The van der Waals surface area contributed by atoms with Crippen LogP contribution in [0.2, 0.25) is 0 Å². The second kappa shape index (κ2) is 5.92. The van der Waals surface area contributed by atoms with Crippen molar-refractivity contribution in [1.82, 2.24) is 0 Å². The number of amides is 1. The van der Waals surface area contributed by atoms with Gasteiger partial charge in [0.05, 0.1) is 10.5 Å². The molecule has 2 rings (SSSR count). The smallest absolute Gasteiger partial charge is 0.284 e. The first kappa shape index (κ1) is 15.0. The molecule has 0 heterocycles. The van der Waals surface area contributed by atoms with Crippen LogP contribution in [0.5, 0.6) is 5.75 Å². The standard InChI is InChI=1S/C14H11BrN2O4/c1-8-7-9(5-6-12(8)18)16-14(19)10-3-2-4-11(13(10)15)17(20)21/h2-7,18H,1H3,(H,16,19). The summed E-state index contributed by atoms with van der Waals surface area (Å²) in [7, 11) is 0. The van der Waals surface area contributed by atoms with E-state index < -0.39 is 10.8 Å². The summed E-state index contributed by atoms with van der Waals surface area (Å²) in [4.78, 5) is 22.5. The van der Waals surface area contributed by atoms with Crippen molar-refractivity contribution in [2.75, 3.05) is 5.32 Å². The average molecular weight is 351 g/mol. The van der Waals surface area contributed by atoms with Crippen molar-refractivity contribution in [2.45, 2.75) is 6.92 Å². The zero-order valence-electron chi connectivity index (χ0n) is 11.0. The lowest BCUT2D eigenvalue weighted by molar-refractivity contribution is -0.385. The van der Waals surface area contributed by atoms with E-state index in [9.17, 15) is 20.0 Å². The Morgan fingerprint density at radius 2 is 2.05 bits per heavy atom. The Bertz CT molecular complexity index is 731. The van der Waals surface area contributed by atoms with Gasteiger partial charge in [0.15, 0.2) is 0 Å². The van der Waals surface area contributed by atoms with Gasteiger partial charge in [-0.1, -0.05) is 6.07 Å². The Hall–Kier alpha value is -2.41. The number of carbonyl (C=O) groups is 1. The quantitative estimate of drug-likeness (QED) is 0.502. The first-order valence-corrected chi connectivity index (χ1v) is 6.73. The number of hydrogen-bond acceptors (Lipinski definition) is 4. The molecule has 7 heteroatoms. The maximum Gasteiger partial charge on any atom is 0.284 e. The number of aryl methyl sites for hydroxylation is 1. The number of carbonyl (C=O) groups excluding carboxylic acids is 1. The number of nitrogens with zero attached hydrogens (tertiary/aromatic N) is 1. The van der Waals surface area contributed by atoms with Crippen molar-refractivity contribution in [3.05, 3.63) is 62.1 Å². The first-order chi connectivity index (χ1) is 9.90. The highest BCUT2D eigenvalue weighted by Gasteiger charge is 2.19. The molecule has 0 saturated heterocycles. The van der Waals surface area contributed by atoms with Crippen LogP contribution in [0, 0.1) is 17.0 Å². The number of nitro groups is 1. The lowest BCUT2D eigenvalue weighted by Gasteiger charge is -2.08. The molecule has 2 N–H and O–H groups in total. The fraction of sp³-hybridized carbons (Fsp3) is 0.0714. The van der Waals surface area contributed by atoms with Crippen LogP contribution < -0.4 is 5.32 Å². The van der Waals surface area contributed by atoms with Crippen LogP contribution in [-0.2, 0) is 0 Å². The lowest BCUT2D eigenvalue weighted by atomic mass is 10.1. The van der Waals surface area contributed by atoms with Gasteiger partial charge in [0, 0.05) is 11.8 Å². The van der Waals surface area contributed by atoms with Crippen LogP contribution in [0.4, 0.5) is 11.4 Å². The summed E-state index contributed by atoms with van der Waals surface area (Å²) in [5, 5.41) is 22.9. The van der Waals surface area contributed by atoms with E-state index in [1.807, 2.05) is 0 Å². The molecule has 0 aliphatic rings. The fourth-order valence-corrected chi connectivity index (χ4v) is 2.36. The van der Waals surface area contributed by atoms with Crippen LogP contribution in [-0.4, -0.2) is 15.9 Å². The van der Waals surface area contributed by atoms with Crippen LogP contribution in [0.25, 0.3) is 0 Å².